The van der Waals surface area contributed by atoms with Crippen LogP contribution in [0.3, 0.4) is 0 Å². The number of rotatable bonds is 11. The predicted octanol–water partition coefficient (Wildman–Crippen LogP) is 11.1. The maximum absolute atomic E-state index is 15.8. The fourth-order valence-electron chi connectivity index (χ4n) is 6.52. The number of aryl methyl sites for hydroxylation is 1. The van der Waals surface area contributed by atoms with Crippen LogP contribution in [0.15, 0.2) is 42.5 Å². The normalized spacial score (nSPS) is 17.4. The van der Waals surface area contributed by atoms with E-state index in [4.69, 9.17) is 4.74 Å². The van der Waals surface area contributed by atoms with Gasteiger partial charge in [0.05, 0.1) is 6.61 Å². The largest absolute Gasteiger partial charge is 0.493 e. The van der Waals surface area contributed by atoms with Gasteiger partial charge in [-0.15, -0.1) is 0 Å². The Labute approximate surface area is 241 Å². The summed E-state index contributed by atoms with van der Waals surface area (Å²) >= 11 is 0. The maximum Gasteiger partial charge on any atom is 0.131 e. The summed E-state index contributed by atoms with van der Waals surface area (Å²) in [6, 6.07) is 12.9. The molecule has 3 aromatic carbocycles. The van der Waals surface area contributed by atoms with Gasteiger partial charge in [0.25, 0.3) is 0 Å². The van der Waals surface area contributed by atoms with Crippen LogP contribution in [0.2, 0.25) is 0 Å². The van der Waals surface area contributed by atoms with Gasteiger partial charge >= 0.3 is 0 Å². The SMILES string of the molecule is CCc1cc(-c2ccc(-c3ccc(C4CCC(C)CC4)cc3F)cc2F)c(CC)c(CC)c1OCC(CC)CC. The van der Waals surface area contributed by atoms with Crippen LogP contribution in [0.4, 0.5) is 8.78 Å². The van der Waals surface area contributed by atoms with Crippen LogP contribution >= 0.6 is 0 Å². The highest BCUT2D eigenvalue weighted by molar-refractivity contribution is 5.76. The topological polar surface area (TPSA) is 9.23 Å². The zero-order chi connectivity index (χ0) is 28.8. The number of hydrogen-bond acceptors (Lipinski definition) is 1. The van der Waals surface area contributed by atoms with Crippen molar-refractivity contribution >= 4 is 0 Å². The molecular weight excluding hydrogens is 498 g/mol. The smallest absolute Gasteiger partial charge is 0.131 e. The summed E-state index contributed by atoms with van der Waals surface area (Å²) in [6.07, 6.45) is 9.27. The number of ether oxygens (including phenoxy) is 1. The van der Waals surface area contributed by atoms with Gasteiger partial charge in [0.15, 0.2) is 0 Å². The van der Waals surface area contributed by atoms with E-state index in [-0.39, 0.29) is 11.6 Å². The van der Waals surface area contributed by atoms with Crippen molar-refractivity contribution in [2.45, 2.75) is 105 Å². The number of hydrogen-bond donors (Lipinski definition) is 0. The molecule has 1 aliphatic rings. The third-order valence-electron chi connectivity index (χ3n) is 9.33. The van der Waals surface area contributed by atoms with Gasteiger partial charge in [-0.3, -0.25) is 0 Å². The van der Waals surface area contributed by atoms with Gasteiger partial charge in [-0.2, -0.15) is 0 Å². The van der Waals surface area contributed by atoms with Crippen LogP contribution in [0, 0.1) is 23.5 Å². The van der Waals surface area contributed by atoms with E-state index in [1.165, 1.54) is 24.5 Å². The fraction of sp³-hybridized carbons (Fsp3) is 0.514. The van der Waals surface area contributed by atoms with Crippen molar-refractivity contribution in [2.75, 3.05) is 6.61 Å². The first-order valence-electron chi connectivity index (χ1n) is 15.7. The summed E-state index contributed by atoms with van der Waals surface area (Å²) < 4.78 is 37.6. The molecule has 1 saturated carbocycles. The molecular formula is C37H48F2O. The Morgan fingerprint density at radius 3 is 1.95 bits per heavy atom. The predicted molar refractivity (Wildman–Crippen MR) is 165 cm³/mol. The molecule has 4 rings (SSSR count). The minimum absolute atomic E-state index is 0.266. The van der Waals surface area contributed by atoms with Gasteiger partial charge in [0, 0.05) is 11.1 Å². The first-order chi connectivity index (χ1) is 19.3. The second-order valence-corrected chi connectivity index (χ2v) is 11.8. The Kier molecular flexibility index (Phi) is 10.4. The zero-order valence-corrected chi connectivity index (χ0v) is 25.5. The molecule has 0 saturated heterocycles. The first kappa shape index (κ1) is 30.3. The Bertz CT molecular complexity index is 1280. The number of benzene rings is 3. The van der Waals surface area contributed by atoms with Crippen LogP contribution in [-0.4, -0.2) is 6.61 Å². The molecule has 0 radical (unpaired) electrons. The molecule has 216 valence electrons. The Morgan fingerprint density at radius 1 is 0.725 bits per heavy atom. The molecule has 0 bridgehead atoms. The lowest BCUT2D eigenvalue weighted by atomic mass is 9.79. The standard InChI is InChI=1S/C37H48F2O/c1-7-25(8-2)23-40-37-26(9-3)20-34(30(10-4)31(37)11-5)33-19-17-29(22-36(33)39)32-18-16-28(21-35(32)38)27-14-12-24(6)13-15-27/h16-22,24-25,27H,7-15,23H2,1-6H3. The zero-order valence-electron chi connectivity index (χ0n) is 25.5. The van der Waals surface area contributed by atoms with Gasteiger partial charge in [0.2, 0.25) is 0 Å². The van der Waals surface area contributed by atoms with E-state index in [0.717, 1.165) is 78.9 Å². The molecule has 0 heterocycles. The van der Waals surface area contributed by atoms with E-state index in [1.54, 1.807) is 6.07 Å². The summed E-state index contributed by atoms with van der Waals surface area (Å²) in [5, 5.41) is 0. The molecule has 1 fully saturated rings. The van der Waals surface area contributed by atoms with Crippen LogP contribution in [0.1, 0.15) is 108 Å². The van der Waals surface area contributed by atoms with E-state index >= 15 is 8.78 Å². The molecule has 3 aromatic rings. The van der Waals surface area contributed by atoms with Crippen LogP contribution in [-0.2, 0) is 19.3 Å². The Balaban J connectivity index is 1.68. The average molecular weight is 547 g/mol. The van der Waals surface area contributed by atoms with Gasteiger partial charge in [-0.1, -0.05) is 91.5 Å². The van der Waals surface area contributed by atoms with Crippen molar-refractivity contribution in [3.63, 3.8) is 0 Å². The molecule has 0 N–H and O–H groups in total. The Hall–Kier alpha value is -2.68. The van der Waals surface area contributed by atoms with E-state index in [1.807, 2.05) is 24.3 Å². The molecule has 0 aromatic heterocycles. The molecule has 0 unspecified atom stereocenters. The van der Waals surface area contributed by atoms with E-state index in [9.17, 15) is 0 Å². The minimum Gasteiger partial charge on any atom is -0.493 e. The Morgan fingerprint density at radius 2 is 1.38 bits per heavy atom. The maximum atomic E-state index is 15.8. The summed E-state index contributed by atoms with van der Waals surface area (Å²) in [5.74, 6) is 2.13. The van der Waals surface area contributed by atoms with E-state index in [2.05, 4.69) is 47.6 Å². The highest BCUT2D eigenvalue weighted by atomic mass is 19.1. The lowest BCUT2D eigenvalue weighted by Gasteiger charge is -2.26. The fourth-order valence-corrected chi connectivity index (χ4v) is 6.52. The summed E-state index contributed by atoms with van der Waals surface area (Å²) in [6.45, 7) is 13.8. The molecule has 0 spiro atoms. The van der Waals surface area contributed by atoms with Gasteiger partial charge in [-0.25, -0.2) is 8.78 Å². The summed E-state index contributed by atoms with van der Waals surface area (Å²) in [7, 11) is 0. The molecule has 1 aliphatic carbocycles. The van der Waals surface area contributed by atoms with Crippen LogP contribution in [0.5, 0.6) is 5.75 Å². The highest BCUT2D eigenvalue weighted by Gasteiger charge is 2.23. The van der Waals surface area contributed by atoms with Gasteiger partial charge in [0.1, 0.15) is 17.4 Å². The molecule has 0 aliphatic heterocycles. The third-order valence-corrected chi connectivity index (χ3v) is 9.33. The average Bonchev–Trinajstić information content (AvgIpc) is 2.97. The summed E-state index contributed by atoms with van der Waals surface area (Å²) in [4.78, 5) is 0. The number of halogens is 2. The van der Waals surface area contributed by atoms with Crippen LogP contribution < -0.4 is 4.74 Å². The van der Waals surface area contributed by atoms with E-state index in [0.29, 0.717) is 35.1 Å². The highest BCUT2D eigenvalue weighted by Crippen LogP contribution is 2.40. The monoisotopic (exact) mass is 546 g/mol. The third kappa shape index (κ3) is 6.45. The van der Waals surface area contributed by atoms with Gasteiger partial charge in [-0.05, 0) is 101 Å². The van der Waals surface area contributed by atoms with Crippen molar-refractivity contribution in [1.29, 1.82) is 0 Å². The van der Waals surface area contributed by atoms with Crippen molar-refractivity contribution in [2.24, 2.45) is 11.8 Å². The second kappa shape index (κ2) is 13.8. The van der Waals surface area contributed by atoms with Crippen molar-refractivity contribution in [1.82, 2.24) is 0 Å². The molecule has 40 heavy (non-hydrogen) atoms. The quantitative estimate of drug-likeness (QED) is 0.232. The van der Waals surface area contributed by atoms with Crippen LogP contribution in [0.25, 0.3) is 22.3 Å². The first-order valence-corrected chi connectivity index (χ1v) is 15.7. The lowest BCUT2D eigenvalue weighted by molar-refractivity contribution is 0.236. The second-order valence-electron chi connectivity index (χ2n) is 11.8. The minimum atomic E-state index is -0.313. The van der Waals surface area contributed by atoms with Crippen molar-refractivity contribution < 1.29 is 13.5 Å². The van der Waals surface area contributed by atoms with Crippen molar-refractivity contribution in [3.8, 4) is 28.0 Å². The van der Waals surface area contributed by atoms with Crippen molar-refractivity contribution in [3.05, 3.63) is 76.4 Å². The molecule has 0 amide bonds. The lowest BCUT2D eigenvalue weighted by Crippen LogP contribution is -2.13. The summed E-state index contributed by atoms with van der Waals surface area (Å²) in [5.41, 5.74) is 7.07. The van der Waals surface area contributed by atoms with Gasteiger partial charge < -0.3 is 4.74 Å². The van der Waals surface area contributed by atoms with E-state index < -0.39 is 0 Å². The molecule has 0 atom stereocenters. The molecule has 1 nitrogen and oxygen atoms in total. The molecule has 3 heteroatoms.